The summed E-state index contributed by atoms with van der Waals surface area (Å²) in [6, 6.07) is 2.97. The standard InChI is InChI=1S/C10H13N3O2S/c1-8-12(5-6-16-8)10(15)7-13-9(14)3-2-4-11-13/h2-4,8H,5-7H2,1H3. The molecule has 2 heterocycles. The van der Waals surface area contributed by atoms with Crippen LogP contribution in [0.2, 0.25) is 0 Å². The van der Waals surface area contributed by atoms with E-state index in [1.165, 1.54) is 16.9 Å². The molecule has 16 heavy (non-hydrogen) atoms. The molecule has 1 fully saturated rings. The van der Waals surface area contributed by atoms with Crippen LogP contribution in [0.25, 0.3) is 0 Å². The Hall–Kier alpha value is -1.30. The lowest BCUT2D eigenvalue weighted by atomic mass is 10.4. The maximum absolute atomic E-state index is 11.9. The van der Waals surface area contributed by atoms with E-state index < -0.39 is 0 Å². The molecule has 0 N–H and O–H groups in total. The van der Waals surface area contributed by atoms with Gasteiger partial charge >= 0.3 is 0 Å². The molecule has 5 nitrogen and oxygen atoms in total. The first kappa shape index (κ1) is 11.2. The van der Waals surface area contributed by atoms with Crippen molar-refractivity contribution in [2.45, 2.75) is 18.8 Å². The van der Waals surface area contributed by atoms with Crippen LogP contribution in [0.15, 0.2) is 23.1 Å². The minimum absolute atomic E-state index is 0.0323. The smallest absolute Gasteiger partial charge is 0.267 e. The van der Waals surface area contributed by atoms with Gasteiger partial charge in [-0.15, -0.1) is 11.8 Å². The van der Waals surface area contributed by atoms with Crippen LogP contribution in [-0.2, 0) is 11.3 Å². The molecule has 1 aliphatic rings. The van der Waals surface area contributed by atoms with Crippen molar-refractivity contribution in [1.82, 2.24) is 14.7 Å². The summed E-state index contributed by atoms with van der Waals surface area (Å²) in [5.41, 5.74) is -0.240. The summed E-state index contributed by atoms with van der Waals surface area (Å²) in [4.78, 5) is 25.0. The average Bonchev–Trinajstić information content (AvgIpc) is 2.68. The van der Waals surface area contributed by atoms with Crippen molar-refractivity contribution in [2.24, 2.45) is 0 Å². The molecule has 1 aliphatic heterocycles. The number of aromatic nitrogens is 2. The molecule has 86 valence electrons. The number of carbonyl (C=O) groups excluding carboxylic acids is 1. The third-order valence-corrected chi connectivity index (χ3v) is 3.68. The van der Waals surface area contributed by atoms with E-state index in [2.05, 4.69) is 5.10 Å². The van der Waals surface area contributed by atoms with Gasteiger partial charge in [-0.1, -0.05) is 0 Å². The molecule has 0 spiro atoms. The highest BCUT2D eigenvalue weighted by Crippen LogP contribution is 2.22. The van der Waals surface area contributed by atoms with E-state index in [0.717, 1.165) is 12.3 Å². The summed E-state index contributed by atoms with van der Waals surface area (Å²) in [6.45, 7) is 2.79. The molecular formula is C10H13N3O2S. The average molecular weight is 239 g/mol. The molecular weight excluding hydrogens is 226 g/mol. The Morgan fingerprint density at radius 1 is 1.69 bits per heavy atom. The Bertz CT molecular complexity index is 446. The van der Waals surface area contributed by atoms with Crippen LogP contribution < -0.4 is 5.56 Å². The topological polar surface area (TPSA) is 55.2 Å². The first-order valence-corrected chi connectivity index (χ1v) is 6.16. The predicted molar refractivity (Wildman–Crippen MR) is 62.1 cm³/mol. The Morgan fingerprint density at radius 2 is 2.50 bits per heavy atom. The van der Waals surface area contributed by atoms with E-state index in [-0.39, 0.29) is 23.4 Å². The Morgan fingerprint density at radius 3 is 3.12 bits per heavy atom. The van der Waals surface area contributed by atoms with Crippen LogP contribution in [0.4, 0.5) is 0 Å². The second-order valence-electron chi connectivity index (χ2n) is 3.58. The largest absolute Gasteiger partial charge is 0.329 e. The third kappa shape index (κ3) is 2.27. The highest BCUT2D eigenvalue weighted by Gasteiger charge is 2.25. The van der Waals surface area contributed by atoms with Crippen molar-refractivity contribution in [3.63, 3.8) is 0 Å². The van der Waals surface area contributed by atoms with E-state index in [1.54, 1.807) is 22.7 Å². The van der Waals surface area contributed by atoms with E-state index in [1.807, 2.05) is 6.92 Å². The molecule has 0 aromatic carbocycles. The fraction of sp³-hybridized carbons (Fsp3) is 0.500. The first-order valence-electron chi connectivity index (χ1n) is 5.11. The summed E-state index contributed by atoms with van der Waals surface area (Å²) >= 11 is 1.75. The zero-order chi connectivity index (χ0) is 11.5. The van der Waals surface area contributed by atoms with E-state index >= 15 is 0 Å². The maximum Gasteiger partial charge on any atom is 0.267 e. The SMILES string of the molecule is CC1SCCN1C(=O)Cn1ncccc1=O. The van der Waals surface area contributed by atoms with Crippen LogP contribution in [0.3, 0.4) is 0 Å². The fourth-order valence-corrected chi connectivity index (χ4v) is 2.69. The van der Waals surface area contributed by atoms with Gasteiger partial charge in [-0.05, 0) is 13.0 Å². The molecule has 0 bridgehead atoms. The monoisotopic (exact) mass is 239 g/mol. The zero-order valence-electron chi connectivity index (χ0n) is 9.00. The highest BCUT2D eigenvalue weighted by atomic mass is 32.2. The van der Waals surface area contributed by atoms with Crippen LogP contribution >= 0.6 is 11.8 Å². The summed E-state index contributed by atoms with van der Waals surface area (Å²) in [7, 11) is 0. The lowest BCUT2D eigenvalue weighted by Crippen LogP contribution is -2.38. The lowest BCUT2D eigenvalue weighted by molar-refractivity contribution is -0.131. The normalized spacial score (nSPS) is 20.1. The second kappa shape index (κ2) is 4.69. The zero-order valence-corrected chi connectivity index (χ0v) is 9.81. The van der Waals surface area contributed by atoms with Crippen molar-refractivity contribution >= 4 is 17.7 Å². The van der Waals surface area contributed by atoms with Gasteiger partial charge in [-0.25, -0.2) is 4.68 Å². The van der Waals surface area contributed by atoms with Gasteiger partial charge in [0.1, 0.15) is 6.54 Å². The van der Waals surface area contributed by atoms with Gasteiger partial charge in [-0.2, -0.15) is 5.10 Å². The van der Waals surface area contributed by atoms with Gasteiger partial charge in [0.05, 0.1) is 5.37 Å². The number of hydrogen-bond acceptors (Lipinski definition) is 4. The number of nitrogens with zero attached hydrogens (tertiary/aromatic N) is 3. The van der Waals surface area contributed by atoms with Crippen molar-refractivity contribution in [1.29, 1.82) is 0 Å². The van der Waals surface area contributed by atoms with Crippen LogP contribution in [0, 0.1) is 0 Å². The molecule has 0 aliphatic carbocycles. The van der Waals surface area contributed by atoms with Crippen molar-refractivity contribution in [3.8, 4) is 0 Å². The highest BCUT2D eigenvalue weighted by molar-refractivity contribution is 8.00. The molecule has 0 saturated carbocycles. The number of carbonyl (C=O) groups is 1. The summed E-state index contributed by atoms with van der Waals surface area (Å²) in [5, 5.41) is 4.07. The summed E-state index contributed by atoms with van der Waals surface area (Å²) in [5.74, 6) is 0.919. The van der Waals surface area contributed by atoms with Crippen LogP contribution in [0.5, 0.6) is 0 Å². The first-order chi connectivity index (χ1) is 7.68. The minimum atomic E-state index is -0.240. The predicted octanol–water partition coefficient (Wildman–Crippen LogP) is 0.165. The van der Waals surface area contributed by atoms with Crippen LogP contribution in [0.1, 0.15) is 6.92 Å². The van der Waals surface area contributed by atoms with Crippen LogP contribution in [-0.4, -0.2) is 38.3 Å². The van der Waals surface area contributed by atoms with Crippen molar-refractivity contribution < 1.29 is 4.79 Å². The molecule has 1 aromatic rings. The van der Waals surface area contributed by atoms with E-state index in [0.29, 0.717) is 0 Å². The van der Waals surface area contributed by atoms with Gasteiger partial charge in [0.25, 0.3) is 5.56 Å². The third-order valence-electron chi connectivity index (χ3n) is 2.52. The fourth-order valence-electron chi connectivity index (χ4n) is 1.65. The number of thioether (sulfide) groups is 1. The Kier molecular flexibility index (Phi) is 3.28. The van der Waals surface area contributed by atoms with E-state index in [9.17, 15) is 9.59 Å². The number of hydrogen-bond donors (Lipinski definition) is 0. The van der Waals surface area contributed by atoms with Gasteiger partial charge < -0.3 is 4.90 Å². The number of amides is 1. The lowest BCUT2D eigenvalue weighted by Gasteiger charge is -2.20. The molecule has 2 rings (SSSR count). The summed E-state index contributed by atoms with van der Waals surface area (Å²) < 4.78 is 1.19. The van der Waals surface area contributed by atoms with Gasteiger partial charge in [0.15, 0.2) is 0 Å². The Balaban J connectivity index is 2.08. The molecule has 0 radical (unpaired) electrons. The number of rotatable bonds is 2. The molecule has 1 atom stereocenters. The van der Waals surface area contributed by atoms with Gasteiger partial charge in [0.2, 0.25) is 5.91 Å². The Labute approximate surface area is 97.4 Å². The van der Waals surface area contributed by atoms with Crippen molar-refractivity contribution in [2.75, 3.05) is 12.3 Å². The minimum Gasteiger partial charge on any atom is -0.329 e. The molecule has 6 heteroatoms. The van der Waals surface area contributed by atoms with Crippen molar-refractivity contribution in [3.05, 3.63) is 28.7 Å². The molecule has 1 amide bonds. The van der Waals surface area contributed by atoms with Gasteiger partial charge in [-0.3, -0.25) is 9.59 Å². The molecule has 1 saturated heterocycles. The summed E-state index contributed by atoms with van der Waals surface area (Å²) in [6.07, 6.45) is 1.51. The maximum atomic E-state index is 11.9. The molecule has 1 unspecified atom stereocenters. The van der Waals surface area contributed by atoms with E-state index in [4.69, 9.17) is 0 Å². The molecule has 1 aromatic heterocycles. The van der Waals surface area contributed by atoms with Gasteiger partial charge in [0, 0.05) is 24.6 Å². The quantitative estimate of drug-likeness (QED) is 0.738. The second-order valence-corrected chi connectivity index (χ2v) is 5.00.